The van der Waals surface area contributed by atoms with Crippen LogP contribution in [0.2, 0.25) is 0 Å². The predicted octanol–water partition coefficient (Wildman–Crippen LogP) is 3.60. The number of ether oxygens (including phenoxy) is 1. The molecule has 1 aliphatic heterocycles. The number of carbonyl (C=O) groups is 1. The highest BCUT2D eigenvalue weighted by Gasteiger charge is 2.44. The van der Waals surface area contributed by atoms with Crippen molar-refractivity contribution in [2.45, 2.75) is 38.9 Å². The minimum atomic E-state index is -0.534. The van der Waals surface area contributed by atoms with E-state index in [1.807, 2.05) is 49.1 Å². The Bertz CT molecular complexity index is 1100. The standard InChI is InChI=1S/C23H25N3O3S/c1-13-3-5-20(14(2)25-13)29-21-9-17-11-26(10-16(17)8-19(21)27)23(28)15-4-6-22-18(7-15)24-12-30-22/h3-7,12,16-17,19,21,27H,8-11H2,1-2H3/t16-,17+,19+,21+/m0/s1. The van der Waals surface area contributed by atoms with Gasteiger partial charge in [-0.3, -0.25) is 9.78 Å². The molecule has 1 saturated heterocycles. The van der Waals surface area contributed by atoms with Crippen LogP contribution in [0.4, 0.5) is 0 Å². The number of amides is 1. The van der Waals surface area contributed by atoms with E-state index in [1.165, 1.54) is 0 Å². The summed E-state index contributed by atoms with van der Waals surface area (Å²) in [5.74, 6) is 1.42. The van der Waals surface area contributed by atoms with Crippen LogP contribution in [0.25, 0.3) is 10.2 Å². The van der Waals surface area contributed by atoms with Gasteiger partial charge in [0.15, 0.2) is 0 Å². The van der Waals surface area contributed by atoms with Crippen molar-refractivity contribution in [3.05, 3.63) is 52.8 Å². The highest BCUT2D eigenvalue weighted by Crippen LogP contribution is 2.39. The molecule has 2 aliphatic rings. The van der Waals surface area contributed by atoms with Gasteiger partial charge in [-0.25, -0.2) is 4.98 Å². The number of fused-ring (bicyclic) bond motifs is 2. The average Bonchev–Trinajstić information content (AvgIpc) is 3.35. The van der Waals surface area contributed by atoms with E-state index < -0.39 is 6.10 Å². The van der Waals surface area contributed by atoms with Crippen molar-refractivity contribution in [3.8, 4) is 5.75 Å². The van der Waals surface area contributed by atoms with Crippen molar-refractivity contribution in [2.75, 3.05) is 13.1 Å². The number of pyridine rings is 1. The molecule has 0 radical (unpaired) electrons. The quantitative estimate of drug-likeness (QED) is 0.697. The molecule has 156 valence electrons. The summed E-state index contributed by atoms with van der Waals surface area (Å²) in [7, 11) is 0. The van der Waals surface area contributed by atoms with Gasteiger partial charge >= 0.3 is 0 Å². The molecule has 2 aromatic heterocycles. The number of hydrogen-bond acceptors (Lipinski definition) is 6. The maximum atomic E-state index is 13.1. The molecule has 30 heavy (non-hydrogen) atoms. The zero-order chi connectivity index (χ0) is 20.8. The van der Waals surface area contributed by atoms with Crippen LogP contribution in [0, 0.1) is 25.7 Å². The van der Waals surface area contributed by atoms with Crippen molar-refractivity contribution in [1.82, 2.24) is 14.9 Å². The number of aromatic nitrogens is 2. The average molecular weight is 424 g/mol. The molecule has 1 aromatic carbocycles. The van der Waals surface area contributed by atoms with Gasteiger partial charge in [0.05, 0.1) is 27.5 Å². The van der Waals surface area contributed by atoms with Crippen LogP contribution in [0.1, 0.15) is 34.6 Å². The summed E-state index contributed by atoms with van der Waals surface area (Å²) in [6.45, 7) is 5.27. The molecule has 3 heterocycles. The minimum absolute atomic E-state index is 0.0461. The van der Waals surface area contributed by atoms with Gasteiger partial charge in [-0.1, -0.05) is 0 Å². The van der Waals surface area contributed by atoms with E-state index in [9.17, 15) is 9.90 Å². The number of nitrogens with zero attached hydrogens (tertiary/aromatic N) is 3. The molecule has 7 heteroatoms. The Labute approximate surface area is 179 Å². The predicted molar refractivity (Wildman–Crippen MR) is 116 cm³/mol. The van der Waals surface area contributed by atoms with Gasteiger partial charge < -0.3 is 14.7 Å². The third kappa shape index (κ3) is 3.56. The van der Waals surface area contributed by atoms with E-state index in [0.717, 1.165) is 33.8 Å². The summed E-state index contributed by atoms with van der Waals surface area (Å²) in [6, 6.07) is 9.59. The van der Waals surface area contributed by atoms with Crippen molar-refractivity contribution < 1.29 is 14.6 Å². The van der Waals surface area contributed by atoms with Crippen LogP contribution in [0.15, 0.2) is 35.8 Å². The summed E-state index contributed by atoms with van der Waals surface area (Å²) in [6.07, 6.45) is 0.598. The van der Waals surface area contributed by atoms with Gasteiger partial charge in [-0.05, 0) is 68.9 Å². The third-order valence-electron chi connectivity index (χ3n) is 6.40. The molecule has 5 rings (SSSR count). The monoisotopic (exact) mass is 423 g/mol. The highest BCUT2D eigenvalue weighted by atomic mass is 32.1. The molecule has 3 aromatic rings. The first kappa shape index (κ1) is 19.5. The Morgan fingerprint density at radius 1 is 1.17 bits per heavy atom. The molecule has 1 aliphatic carbocycles. The van der Waals surface area contributed by atoms with Gasteiger partial charge in [0.25, 0.3) is 5.91 Å². The van der Waals surface area contributed by atoms with Gasteiger partial charge in [0, 0.05) is 24.3 Å². The number of likely N-dealkylation sites (tertiary alicyclic amines) is 1. The highest BCUT2D eigenvalue weighted by molar-refractivity contribution is 7.16. The lowest BCUT2D eigenvalue weighted by molar-refractivity contribution is -0.0236. The van der Waals surface area contributed by atoms with E-state index in [1.54, 1.807) is 16.8 Å². The molecule has 4 atom stereocenters. The first-order valence-corrected chi connectivity index (χ1v) is 11.3. The van der Waals surface area contributed by atoms with Crippen LogP contribution in [0.3, 0.4) is 0 Å². The summed E-state index contributed by atoms with van der Waals surface area (Å²) in [5, 5.41) is 10.7. The molecule has 2 fully saturated rings. The van der Waals surface area contributed by atoms with Crippen LogP contribution in [0.5, 0.6) is 5.75 Å². The number of aliphatic hydroxyl groups is 1. The molecule has 0 spiro atoms. The lowest BCUT2D eigenvalue weighted by atomic mass is 9.78. The van der Waals surface area contributed by atoms with E-state index in [2.05, 4.69) is 9.97 Å². The Morgan fingerprint density at radius 3 is 2.77 bits per heavy atom. The number of hydrogen-bond donors (Lipinski definition) is 1. The number of aliphatic hydroxyl groups excluding tert-OH is 1. The number of carbonyl (C=O) groups excluding carboxylic acids is 1. The van der Waals surface area contributed by atoms with Gasteiger partial charge in [-0.2, -0.15) is 0 Å². The van der Waals surface area contributed by atoms with Crippen molar-refractivity contribution >= 4 is 27.5 Å². The second-order valence-corrected chi connectivity index (χ2v) is 9.38. The first-order chi connectivity index (χ1) is 14.5. The molecular weight excluding hydrogens is 398 g/mol. The smallest absolute Gasteiger partial charge is 0.253 e. The van der Waals surface area contributed by atoms with Crippen molar-refractivity contribution in [2.24, 2.45) is 11.8 Å². The fourth-order valence-corrected chi connectivity index (χ4v) is 5.48. The molecule has 0 unspecified atom stereocenters. The lowest BCUT2D eigenvalue weighted by Gasteiger charge is -2.35. The largest absolute Gasteiger partial charge is 0.486 e. The SMILES string of the molecule is Cc1ccc(O[C@@H]2C[C@@H]3CN(C(=O)c4ccc5scnc5c4)C[C@@H]3C[C@H]2O)c(C)n1. The Hall–Kier alpha value is -2.51. The van der Waals surface area contributed by atoms with E-state index >= 15 is 0 Å². The maximum absolute atomic E-state index is 13.1. The zero-order valence-corrected chi connectivity index (χ0v) is 17.9. The normalized spacial score (nSPS) is 26.0. The molecule has 6 nitrogen and oxygen atoms in total. The fraction of sp³-hybridized carbons (Fsp3) is 0.435. The molecule has 1 amide bonds. The van der Waals surface area contributed by atoms with Crippen LogP contribution in [-0.2, 0) is 0 Å². The summed E-state index contributed by atoms with van der Waals surface area (Å²) in [5.41, 5.74) is 5.14. The topological polar surface area (TPSA) is 75.5 Å². The van der Waals surface area contributed by atoms with Crippen LogP contribution in [-0.4, -0.2) is 51.2 Å². The van der Waals surface area contributed by atoms with Crippen LogP contribution >= 0.6 is 11.3 Å². The fourth-order valence-electron chi connectivity index (χ4n) is 4.82. The number of benzene rings is 1. The zero-order valence-electron chi connectivity index (χ0n) is 17.1. The Morgan fingerprint density at radius 2 is 1.97 bits per heavy atom. The minimum Gasteiger partial charge on any atom is -0.486 e. The van der Waals surface area contributed by atoms with Gasteiger partial charge in [-0.15, -0.1) is 11.3 Å². The molecule has 0 bridgehead atoms. The van der Waals surface area contributed by atoms with Crippen LogP contribution < -0.4 is 4.74 Å². The first-order valence-electron chi connectivity index (χ1n) is 10.4. The summed E-state index contributed by atoms with van der Waals surface area (Å²) in [4.78, 5) is 23.8. The summed E-state index contributed by atoms with van der Waals surface area (Å²) >= 11 is 1.58. The number of rotatable bonds is 3. The number of thiazole rings is 1. The Kier molecular flexibility index (Phi) is 4.95. The molecule has 1 N–H and O–H groups in total. The van der Waals surface area contributed by atoms with Crippen molar-refractivity contribution in [3.63, 3.8) is 0 Å². The van der Waals surface area contributed by atoms with Crippen molar-refractivity contribution in [1.29, 1.82) is 0 Å². The van der Waals surface area contributed by atoms with E-state index in [0.29, 0.717) is 36.9 Å². The Balaban J connectivity index is 1.28. The van der Waals surface area contributed by atoms with E-state index in [4.69, 9.17) is 4.74 Å². The van der Waals surface area contributed by atoms with Gasteiger partial charge in [0.2, 0.25) is 0 Å². The third-order valence-corrected chi connectivity index (χ3v) is 7.21. The lowest BCUT2D eigenvalue weighted by Crippen LogP contribution is -2.42. The number of aryl methyl sites for hydroxylation is 2. The maximum Gasteiger partial charge on any atom is 0.253 e. The summed E-state index contributed by atoms with van der Waals surface area (Å²) < 4.78 is 7.25. The van der Waals surface area contributed by atoms with Gasteiger partial charge in [0.1, 0.15) is 11.9 Å². The van der Waals surface area contributed by atoms with E-state index in [-0.39, 0.29) is 12.0 Å². The second-order valence-electron chi connectivity index (χ2n) is 8.50. The second kappa shape index (κ2) is 7.63. The molecule has 1 saturated carbocycles. The molecular formula is C23H25N3O3S.